The Bertz CT molecular complexity index is 678. The first-order valence-corrected chi connectivity index (χ1v) is 10.9. The van der Waals surface area contributed by atoms with Crippen LogP contribution in [-0.4, -0.2) is 62.8 Å². The molecule has 9 nitrogen and oxygen atoms in total. The predicted molar refractivity (Wildman–Crippen MR) is 107 cm³/mol. The highest BCUT2D eigenvalue weighted by Crippen LogP contribution is 2.19. The van der Waals surface area contributed by atoms with E-state index >= 15 is 0 Å². The maximum atomic E-state index is 12.2. The van der Waals surface area contributed by atoms with Crippen LogP contribution in [0.1, 0.15) is 51.8 Å². The van der Waals surface area contributed by atoms with Crippen molar-refractivity contribution in [1.82, 2.24) is 30.3 Å². The fourth-order valence-corrected chi connectivity index (χ4v) is 3.77. The van der Waals surface area contributed by atoms with Gasteiger partial charge in [-0.1, -0.05) is 25.1 Å². The van der Waals surface area contributed by atoms with Gasteiger partial charge in [-0.2, -0.15) is 0 Å². The first-order valence-electron chi connectivity index (χ1n) is 9.91. The topological polar surface area (TPSA) is 109 Å². The minimum absolute atomic E-state index is 0.0256. The highest BCUT2D eigenvalue weighted by atomic mass is 32.2. The van der Waals surface area contributed by atoms with Crippen LogP contribution in [0.4, 0.5) is 0 Å². The number of carbonyl (C=O) groups excluding carboxylic acids is 3. The maximum Gasteiger partial charge on any atom is 0.239 e. The van der Waals surface area contributed by atoms with Crippen LogP contribution in [0, 0.1) is 0 Å². The second-order valence-corrected chi connectivity index (χ2v) is 7.63. The predicted octanol–water partition coefficient (Wildman–Crippen LogP) is 0.935. The first kappa shape index (κ1) is 22.2. The number of aromatic nitrogens is 3. The van der Waals surface area contributed by atoms with E-state index < -0.39 is 0 Å². The van der Waals surface area contributed by atoms with E-state index in [0.717, 1.165) is 38.1 Å². The maximum absolute atomic E-state index is 12.2. The second-order valence-electron chi connectivity index (χ2n) is 6.68. The molecule has 1 aromatic rings. The molecular weight excluding hydrogens is 380 g/mol. The Hall–Kier alpha value is -2.10. The van der Waals surface area contributed by atoms with Gasteiger partial charge in [0.25, 0.3) is 0 Å². The molecule has 1 aliphatic rings. The van der Waals surface area contributed by atoms with Gasteiger partial charge in [-0.05, 0) is 26.2 Å². The number of nitrogens with zero attached hydrogens (tertiary/aromatic N) is 4. The molecule has 3 amide bonds. The van der Waals surface area contributed by atoms with Crippen LogP contribution in [0.5, 0.6) is 0 Å². The van der Waals surface area contributed by atoms with Crippen LogP contribution in [0.25, 0.3) is 0 Å². The van der Waals surface area contributed by atoms with E-state index in [1.54, 1.807) is 0 Å². The normalized spacial score (nSPS) is 14.6. The highest BCUT2D eigenvalue weighted by Gasteiger charge is 2.21. The molecule has 0 aromatic carbocycles. The van der Waals surface area contributed by atoms with E-state index in [2.05, 4.69) is 20.8 Å². The van der Waals surface area contributed by atoms with Crippen LogP contribution < -0.4 is 10.6 Å². The molecule has 1 aliphatic heterocycles. The molecule has 1 fully saturated rings. The standard InChI is InChI=1S/C18H30N6O3S/c1-3-9-19-15(25)11-20-16(26)13-28-18-22-21-14(24(18)4-2)12-23-10-7-5-6-8-17(23)27/h3-13H2,1-2H3,(H,19,25)(H,20,26). The van der Waals surface area contributed by atoms with Crippen molar-refractivity contribution in [2.45, 2.75) is 64.2 Å². The van der Waals surface area contributed by atoms with Gasteiger partial charge < -0.3 is 20.1 Å². The van der Waals surface area contributed by atoms with Crippen molar-refractivity contribution in [3.63, 3.8) is 0 Å². The number of rotatable bonds is 10. The Morgan fingerprint density at radius 2 is 1.93 bits per heavy atom. The smallest absolute Gasteiger partial charge is 0.239 e. The van der Waals surface area contributed by atoms with Crippen molar-refractivity contribution in [2.24, 2.45) is 0 Å². The van der Waals surface area contributed by atoms with Gasteiger partial charge in [0.2, 0.25) is 17.7 Å². The molecule has 0 spiro atoms. The molecule has 156 valence electrons. The molecule has 28 heavy (non-hydrogen) atoms. The van der Waals surface area contributed by atoms with E-state index in [9.17, 15) is 14.4 Å². The van der Waals surface area contributed by atoms with Gasteiger partial charge in [0.15, 0.2) is 11.0 Å². The molecule has 10 heteroatoms. The van der Waals surface area contributed by atoms with Gasteiger partial charge in [-0.25, -0.2) is 0 Å². The van der Waals surface area contributed by atoms with Gasteiger partial charge in [0, 0.05) is 26.1 Å². The van der Waals surface area contributed by atoms with Gasteiger partial charge in [0.05, 0.1) is 18.8 Å². The zero-order chi connectivity index (χ0) is 20.4. The summed E-state index contributed by atoms with van der Waals surface area (Å²) in [6.45, 7) is 6.39. The Kier molecular flexibility index (Phi) is 9.26. The summed E-state index contributed by atoms with van der Waals surface area (Å²) in [5, 5.41) is 14.4. The van der Waals surface area contributed by atoms with Crippen LogP contribution in [0.15, 0.2) is 5.16 Å². The van der Waals surface area contributed by atoms with E-state index in [1.165, 1.54) is 11.8 Å². The third-order valence-corrected chi connectivity index (χ3v) is 5.43. The van der Waals surface area contributed by atoms with Gasteiger partial charge >= 0.3 is 0 Å². The fraction of sp³-hybridized carbons (Fsp3) is 0.722. The molecule has 2 N–H and O–H groups in total. The summed E-state index contributed by atoms with van der Waals surface area (Å²) >= 11 is 1.28. The van der Waals surface area contributed by atoms with E-state index in [4.69, 9.17) is 0 Å². The molecule has 1 saturated heterocycles. The molecule has 0 bridgehead atoms. The van der Waals surface area contributed by atoms with Crippen molar-refractivity contribution in [2.75, 3.05) is 25.4 Å². The zero-order valence-corrected chi connectivity index (χ0v) is 17.5. The van der Waals surface area contributed by atoms with E-state index in [-0.39, 0.29) is 30.0 Å². The molecule has 1 aromatic heterocycles. The molecule has 0 saturated carbocycles. The summed E-state index contributed by atoms with van der Waals surface area (Å²) in [5.41, 5.74) is 0. The Morgan fingerprint density at radius 3 is 2.68 bits per heavy atom. The Morgan fingerprint density at radius 1 is 1.11 bits per heavy atom. The number of hydrogen-bond donors (Lipinski definition) is 2. The van der Waals surface area contributed by atoms with Crippen molar-refractivity contribution < 1.29 is 14.4 Å². The number of carbonyl (C=O) groups is 3. The minimum Gasteiger partial charge on any atom is -0.355 e. The minimum atomic E-state index is -0.230. The largest absolute Gasteiger partial charge is 0.355 e. The lowest BCUT2D eigenvalue weighted by Gasteiger charge is -2.20. The molecule has 0 radical (unpaired) electrons. The quantitative estimate of drug-likeness (QED) is 0.556. The fourth-order valence-electron chi connectivity index (χ4n) is 2.92. The zero-order valence-electron chi connectivity index (χ0n) is 16.7. The summed E-state index contributed by atoms with van der Waals surface area (Å²) in [6, 6.07) is 0. The van der Waals surface area contributed by atoms with Crippen LogP contribution in [0.2, 0.25) is 0 Å². The van der Waals surface area contributed by atoms with Crippen molar-refractivity contribution >= 4 is 29.5 Å². The lowest BCUT2D eigenvalue weighted by molar-refractivity contribution is -0.131. The second kappa shape index (κ2) is 11.7. The summed E-state index contributed by atoms with van der Waals surface area (Å²) < 4.78 is 1.93. The third-order valence-electron chi connectivity index (χ3n) is 4.46. The first-order chi connectivity index (χ1) is 13.5. The number of likely N-dealkylation sites (tertiary alicyclic amines) is 1. The number of hydrogen-bond acceptors (Lipinski definition) is 6. The summed E-state index contributed by atoms with van der Waals surface area (Å²) in [5.74, 6) is 0.632. The van der Waals surface area contributed by atoms with Crippen molar-refractivity contribution in [3.05, 3.63) is 5.82 Å². The summed E-state index contributed by atoms with van der Waals surface area (Å²) in [4.78, 5) is 37.6. The van der Waals surface area contributed by atoms with Gasteiger partial charge in [-0.15, -0.1) is 10.2 Å². The van der Waals surface area contributed by atoms with Crippen LogP contribution in [-0.2, 0) is 27.5 Å². The molecule has 2 rings (SSSR count). The molecular formula is C18H30N6O3S. The van der Waals surface area contributed by atoms with Gasteiger partial charge in [0.1, 0.15) is 0 Å². The van der Waals surface area contributed by atoms with E-state index in [1.807, 2.05) is 23.3 Å². The lowest BCUT2D eigenvalue weighted by Crippen LogP contribution is -2.37. The molecule has 0 aliphatic carbocycles. The van der Waals surface area contributed by atoms with Crippen LogP contribution in [0.3, 0.4) is 0 Å². The molecule has 0 unspecified atom stereocenters. The molecule has 0 atom stereocenters. The Labute approximate surface area is 170 Å². The van der Waals surface area contributed by atoms with E-state index in [0.29, 0.717) is 31.2 Å². The number of thioether (sulfide) groups is 1. The summed E-state index contributed by atoms with van der Waals surface area (Å²) in [6.07, 6.45) is 4.49. The number of nitrogens with one attached hydrogen (secondary N) is 2. The van der Waals surface area contributed by atoms with Crippen molar-refractivity contribution in [3.8, 4) is 0 Å². The average molecular weight is 411 g/mol. The number of amides is 3. The lowest BCUT2D eigenvalue weighted by atomic mass is 10.2. The van der Waals surface area contributed by atoms with Crippen LogP contribution >= 0.6 is 11.8 Å². The monoisotopic (exact) mass is 410 g/mol. The van der Waals surface area contributed by atoms with Gasteiger partial charge in [-0.3, -0.25) is 14.4 Å². The highest BCUT2D eigenvalue weighted by molar-refractivity contribution is 7.99. The van der Waals surface area contributed by atoms with Crippen molar-refractivity contribution in [1.29, 1.82) is 0 Å². The SMILES string of the molecule is CCCNC(=O)CNC(=O)CSc1nnc(CN2CCCCCC2=O)n1CC. The Balaban J connectivity index is 1.86. The molecule has 2 heterocycles. The third kappa shape index (κ3) is 6.81. The average Bonchev–Trinajstić information content (AvgIpc) is 2.97. The summed E-state index contributed by atoms with van der Waals surface area (Å²) in [7, 11) is 0.